The molecule has 1 aromatic rings. The lowest BCUT2D eigenvalue weighted by molar-refractivity contribution is -0.0446. The van der Waals surface area contributed by atoms with Crippen molar-refractivity contribution in [1.29, 1.82) is 0 Å². The van der Waals surface area contributed by atoms with Crippen molar-refractivity contribution in [3.63, 3.8) is 0 Å². The molecule has 0 saturated carbocycles. The van der Waals surface area contributed by atoms with Gasteiger partial charge >= 0.3 is 0 Å². The summed E-state index contributed by atoms with van der Waals surface area (Å²) in [6.45, 7) is 3.00. The standard InChI is InChI=1S/C14H17NO4S/c1-10-7-13(20-12(10)3-2-5-16)14(18)15-4-6-19-11(8-15)9-17/h7,11,16-17H,4-6,8-9H2,1H3. The van der Waals surface area contributed by atoms with Crippen molar-refractivity contribution in [3.8, 4) is 11.8 Å². The summed E-state index contributed by atoms with van der Waals surface area (Å²) in [7, 11) is 0. The van der Waals surface area contributed by atoms with E-state index in [1.54, 1.807) is 4.90 Å². The Morgan fingerprint density at radius 1 is 1.60 bits per heavy atom. The Kier molecular flexibility index (Phi) is 5.15. The Morgan fingerprint density at radius 3 is 3.10 bits per heavy atom. The minimum Gasteiger partial charge on any atom is -0.394 e. The molecule has 0 radical (unpaired) electrons. The molecule has 1 aromatic heterocycles. The van der Waals surface area contributed by atoms with Crippen LogP contribution in [0.15, 0.2) is 6.07 Å². The topological polar surface area (TPSA) is 70.0 Å². The largest absolute Gasteiger partial charge is 0.394 e. The molecule has 0 aliphatic carbocycles. The molecular formula is C14H17NO4S. The Morgan fingerprint density at radius 2 is 2.40 bits per heavy atom. The molecular weight excluding hydrogens is 278 g/mol. The summed E-state index contributed by atoms with van der Waals surface area (Å²) in [5.41, 5.74) is 0.936. The van der Waals surface area contributed by atoms with Gasteiger partial charge in [-0.05, 0) is 18.6 Å². The lowest BCUT2D eigenvalue weighted by Gasteiger charge is -2.31. The van der Waals surface area contributed by atoms with E-state index in [0.29, 0.717) is 24.6 Å². The quantitative estimate of drug-likeness (QED) is 0.767. The van der Waals surface area contributed by atoms with Gasteiger partial charge in [-0.2, -0.15) is 0 Å². The van der Waals surface area contributed by atoms with E-state index in [-0.39, 0.29) is 25.2 Å². The molecule has 1 atom stereocenters. The van der Waals surface area contributed by atoms with Crippen molar-refractivity contribution in [2.75, 3.05) is 32.9 Å². The van der Waals surface area contributed by atoms with Crippen molar-refractivity contribution >= 4 is 17.2 Å². The van der Waals surface area contributed by atoms with Crippen LogP contribution in [0.5, 0.6) is 0 Å². The number of morpholine rings is 1. The van der Waals surface area contributed by atoms with Crippen LogP contribution in [0.2, 0.25) is 0 Å². The molecule has 6 heteroatoms. The predicted molar refractivity (Wildman–Crippen MR) is 75.7 cm³/mol. The molecule has 1 saturated heterocycles. The average Bonchev–Trinajstić information content (AvgIpc) is 2.85. The second-order valence-corrected chi connectivity index (χ2v) is 5.56. The molecule has 5 nitrogen and oxygen atoms in total. The first-order valence-electron chi connectivity index (χ1n) is 6.37. The third-order valence-electron chi connectivity index (χ3n) is 3.04. The number of hydrogen-bond donors (Lipinski definition) is 2. The minimum atomic E-state index is -0.303. The van der Waals surface area contributed by atoms with Gasteiger partial charge in [0.25, 0.3) is 5.91 Å². The Balaban J connectivity index is 2.13. The van der Waals surface area contributed by atoms with Crippen molar-refractivity contribution < 1.29 is 19.7 Å². The van der Waals surface area contributed by atoms with E-state index in [1.807, 2.05) is 13.0 Å². The molecule has 2 rings (SSSR count). The highest BCUT2D eigenvalue weighted by Gasteiger charge is 2.25. The molecule has 2 N–H and O–H groups in total. The summed E-state index contributed by atoms with van der Waals surface area (Å²) in [6, 6.07) is 1.82. The van der Waals surface area contributed by atoms with Crippen LogP contribution >= 0.6 is 11.3 Å². The van der Waals surface area contributed by atoms with Gasteiger partial charge in [0, 0.05) is 13.1 Å². The minimum absolute atomic E-state index is 0.0584. The van der Waals surface area contributed by atoms with Crippen molar-refractivity contribution in [2.45, 2.75) is 13.0 Å². The fraction of sp³-hybridized carbons (Fsp3) is 0.500. The number of thiophene rings is 1. The zero-order valence-corrected chi connectivity index (χ0v) is 12.1. The van der Waals surface area contributed by atoms with Gasteiger partial charge < -0.3 is 19.8 Å². The molecule has 1 fully saturated rings. The Bertz CT molecular complexity index is 543. The van der Waals surface area contributed by atoms with Gasteiger partial charge in [-0.25, -0.2) is 0 Å². The molecule has 0 aromatic carbocycles. The highest BCUT2D eigenvalue weighted by Crippen LogP contribution is 2.23. The van der Waals surface area contributed by atoms with Crippen LogP contribution in [0.1, 0.15) is 20.1 Å². The number of carbonyl (C=O) groups excluding carboxylic acids is 1. The van der Waals surface area contributed by atoms with E-state index in [2.05, 4.69) is 11.8 Å². The SMILES string of the molecule is Cc1cc(C(=O)N2CCOC(CO)C2)sc1C#CCO. The smallest absolute Gasteiger partial charge is 0.264 e. The zero-order chi connectivity index (χ0) is 14.5. The molecule has 0 bridgehead atoms. The first-order valence-corrected chi connectivity index (χ1v) is 7.19. The second kappa shape index (κ2) is 6.86. The summed E-state index contributed by atoms with van der Waals surface area (Å²) in [5.74, 6) is 5.38. The highest BCUT2D eigenvalue weighted by molar-refractivity contribution is 7.14. The first kappa shape index (κ1) is 15.0. The van der Waals surface area contributed by atoms with Crippen LogP contribution in [0, 0.1) is 18.8 Å². The normalized spacial score (nSPS) is 18.6. The van der Waals surface area contributed by atoms with E-state index >= 15 is 0 Å². The lowest BCUT2D eigenvalue weighted by Crippen LogP contribution is -2.46. The van der Waals surface area contributed by atoms with Gasteiger partial charge in [0.15, 0.2) is 0 Å². The van der Waals surface area contributed by atoms with E-state index in [0.717, 1.165) is 10.4 Å². The number of aryl methyl sites for hydroxylation is 1. The number of ether oxygens (including phenoxy) is 1. The van der Waals surface area contributed by atoms with Gasteiger partial charge in [0.2, 0.25) is 0 Å². The van der Waals surface area contributed by atoms with E-state index in [4.69, 9.17) is 14.9 Å². The van der Waals surface area contributed by atoms with Gasteiger partial charge in [0.05, 0.1) is 29.1 Å². The third-order valence-corrected chi connectivity index (χ3v) is 4.18. The number of amides is 1. The Hall–Kier alpha value is -1.39. The molecule has 1 aliphatic heterocycles. The van der Waals surface area contributed by atoms with Crippen molar-refractivity contribution in [1.82, 2.24) is 4.90 Å². The van der Waals surface area contributed by atoms with Crippen LogP contribution in [0.25, 0.3) is 0 Å². The van der Waals surface area contributed by atoms with Crippen molar-refractivity contribution in [3.05, 3.63) is 21.4 Å². The van der Waals surface area contributed by atoms with E-state index < -0.39 is 0 Å². The number of carbonyl (C=O) groups is 1. The second-order valence-electron chi connectivity index (χ2n) is 4.51. The summed E-state index contributed by atoms with van der Waals surface area (Å²) >= 11 is 1.33. The molecule has 1 amide bonds. The number of nitrogens with zero attached hydrogens (tertiary/aromatic N) is 1. The van der Waals surface area contributed by atoms with Gasteiger partial charge in [-0.3, -0.25) is 4.79 Å². The summed E-state index contributed by atoms with van der Waals surface area (Å²) in [5, 5.41) is 17.8. The Labute approximate surface area is 121 Å². The molecule has 2 heterocycles. The monoisotopic (exact) mass is 295 g/mol. The van der Waals surface area contributed by atoms with E-state index in [1.165, 1.54) is 11.3 Å². The van der Waals surface area contributed by atoms with Gasteiger partial charge in [-0.1, -0.05) is 11.8 Å². The van der Waals surface area contributed by atoms with Gasteiger partial charge in [-0.15, -0.1) is 11.3 Å². The summed E-state index contributed by atoms with van der Waals surface area (Å²) in [6.07, 6.45) is -0.303. The average molecular weight is 295 g/mol. The number of hydrogen-bond acceptors (Lipinski definition) is 5. The third kappa shape index (κ3) is 3.38. The van der Waals surface area contributed by atoms with Crippen molar-refractivity contribution in [2.24, 2.45) is 0 Å². The fourth-order valence-electron chi connectivity index (χ4n) is 2.00. The maximum atomic E-state index is 12.4. The fourth-order valence-corrected chi connectivity index (χ4v) is 3.02. The highest BCUT2D eigenvalue weighted by atomic mass is 32.1. The molecule has 1 unspecified atom stereocenters. The number of rotatable bonds is 2. The molecule has 1 aliphatic rings. The summed E-state index contributed by atoms with van der Waals surface area (Å²) in [4.78, 5) is 15.5. The maximum absolute atomic E-state index is 12.4. The van der Waals surface area contributed by atoms with Crippen LogP contribution < -0.4 is 0 Å². The first-order chi connectivity index (χ1) is 9.65. The van der Waals surface area contributed by atoms with Crippen LogP contribution in [-0.4, -0.2) is 60.0 Å². The molecule has 108 valence electrons. The van der Waals surface area contributed by atoms with E-state index in [9.17, 15) is 4.79 Å². The predicted octanol–water partition coefficient (Wildman–Crippen LogP) is 0.234. The van der Waals surface area contributed by atoms with Crippen LogP contribution in [0.3, 0.4) is 0 Å². The van der Waals surface area contributed by atoms with Gasteiger partial charge in [0.1, 0.15) is 6.61 Å². The molecule has 20 heavy (non-hydrogen) atoms. The zero-order valence-electron chi connectivity index (χ0n) is 11.3. The number of aliphatic hydroxyl groups excluding tert-OH is 2. The summed E-state index contributed by atoms with van der Waals surface area (Å²) < 4.78 is 5.33. The number of aliphatic hydroxyl groups is 2. The maximum Gasteiger partial charge on any atom is 0.264 e. The lowest BCUT2D eigenvalue weighted by atomic mass is 10.2. The molecule has 0 spiro atoms. The van der Waals surface area contributed by atoms with Crippen LogP contribution in [-0.2, 0) is 4.74 Å². The van der Waals surface area contributed by atoms with Crippen LogP contribution in [0.4, 0.5) is 0 Å².